The van der Waals surface area contributed by atoms with E-state index >= 15 is 0 Å². The Labute approximate surface area is 93.8 Å². The van der Waals surface area contributed by atoms with E-state index in [-0.39, 0.29) is 6.04 Å². The number of methoxy groups -OCH3 is 1. The molecule has 0 heterocycles. The fourth-order valence-corrected chi connectivity index (χ4v) is 2.53. The highest BCUT2D eigenvalue weighted by Gasteiger charge is 2.63. The van der Waals surface area contributed by atoms with Gasteiger partial charge in [-0.05, 0) is 23.3 Å². The standard InChI is InChI=1S/C12H26N2O/c1-11(2)10(12(11,3)4)7-14-6-9(13)8-15-5/h9-10,14H,6-8,13H2,1-5H3. The second kappa shape index (κ2) is 4.40. The van der Waals surface area contributed by atoms with E-state index in [0.29, 0.717) is 17.4 Å². The number of nitrogens with one attached hydrogen (secondary N) is 1. The van der Waals surface area contributed by atoms with E-state index in [1.807, 2.05) is 0 Å². The fraction of sp³-hybridized carbons (Fsp3) is 1.00. The van der Waals surface area contributed by atoms with Crippen molar-refractivity contribution in [2.24, 2.45) is 22.5 Å². The number of ether oxygens (including phenoxy) is 1. The van der Waals surface area contributed by atoms with Crippen LogP contribution in [0.5, 0.6) is 0 Å². The third kappa shape index (κ3) is 2.52. The first kappa shape index (κ1) is 12.9. The third-order valence-electron chi connectivity index (χ3n) is 4.46. The number of rotatable bonds is 6. The van der Waals surface area contributed by atoms with E-state index in [1.165, 1.54) is 0 Å². The molecule has 15 heavy (non-hydrogen) atoms. The summed E-state index contributed by atoms with van der Waals surface area (Å²) < 4.78 is 4.99. The van der Waals surface area contributed by atoms with E-state index in [9.17, 15) is 0 Å². The topological polar surface area (TPSA) is 47.3 Å². The van der Waals surface area contributed by atoms with Gasteiger partial charge in [-0.15, -0.1) is 0 Å². The second-order valence-electron chi connectivity index (χ2n) is 5.87. The van der Waals surface area contributed by atoms with E-state index < -0.39 is 0 Å². The lowest BCUT2D eigenvalue weighted by Crippen LogP contribution is -2.38. The smallest absolute Gasteiger partial charge is 0.0626 e. The Balaban J connectivity index is 2.18. The predicted molar refractivity (Wildman–Crippen MR) is 63.8 cm³/mol. The highest BCUT2D eigenvalue weighted by molar-refractivity contribution is 5.12. The summed E-state index contributed by atoms with van der Waals surface area (Å²) in [5.41, 5.74) is 6.77. The van der Waals surface area contributed by atoms with Gasteiger partial charge in [0.25, 0.3) is 0 Å². The first-order valence-corrected chi connectivity index (χ1v) is 5.79. The monoisotopic (exact) mass is 214 g/mol. The average Bonchev–Trinajstić information content (AvgIpc) is 2.48. The molecule has 1 rings (SSSR count). The number of nitrogens with two attached hydrogens (primary N) is 1. The van der Waals surface area contributed by atoms with E-state index in [0.717, 1.165) is 19.0 Å². The van der Waals surface area contributed by atoms with Gasteiger partial charge in [0.2, 0.25) is 0 Å². The second-order valence-corrected chi connectivity index (χ2v) is 5.87. The van der Waals surface area contributed by atoms with Gasteiger partial charge in [-0.25, -0.2) is 0 Å². The largest absolute Gasteiger partial charge is 0.383 e. The van der Waals surface area contributed by atoms with Gasteiger partial charge in [0.05, 0.1) is 6.61 Å². The maximum Gasteiger partial charge on any atom is 0.0626 e. The van der Waals surface area contributed by atoms with Crippen LogP contribution in [-0.4, -0.2) is 32.8 Å². The number of hydrogen-bond donors (Lipinski definition) is 2. The first-order valence-electron chi connectivity index (χ1n) is 5.79. The normalized spacial score (nSPS) is 25.2. The molecule has 0 radical (unpaired) electrons. The molecular formula is C12H26N2O. The van der Waals surface area contributed by atoms with E-state index in [1.54, 1.807) is 7.11 Å². The lowest BCUT2D eigenvalue weighted by atomic mass is 10.0. The van der Waals surface area contributed by atoms with Crippen LogP contribution in [0.2, 0.25) is 0 Å². The fourth-order valence-electron chi connectivity index (χ4n) is 2.53. The van der Waals surface area contributed by atoms with Crippen LogP contribution in [0.3, 0.4) is 0 Å². The van der Waals surface area contributed by atoms with Crippen LogP contribution in [0.25, 0.3) is 0 Å². The summed E-state index contributed by atoms with van der Waals surface area (Å²) in [6.45, 7) is 11.9. The minimum Gasteiger partial charge on any atom is -0.383 e. The molecule has 1 aliphatic carbocycles. The van der Waals surface area contributed by atoms with Crippen molar-refractivity contribution in [3.63, 3.8) is 0 Å². The summed E-state index contributed by atoms with van der Waals surface area (Å²) in [5, 5.41) is 3.44. The lowest BCUT2D eigenvalue weighted by molar-refractivity contribution is 0.178. The van der Waals surface area contributed by atoms with Gasteiger partial charge < -0.3 is 15.8 Å². The Kier molecular flexibility index (Phi) is 3.80. The molecule has 0 spiro atoms. The summed E-state index contributed by atoms with van der Waals surface area (Å²) in [6, 6.07) is 0.111. The van der Waals surface area contributed by atoms with Crippen molar-refractivity contribution in [1.29, 1.82) is 0 Å². The van der Waals surface area contributed by atoms with Crippen LogP contribution in [0.4, 0.5) is 0 Å². The minimum atomic E-state index is 0.111. The van der Waals surface area contributed by atoms with Crippen molar-refractivity contribution in [2.75, 3.05) is 26.8 Å². The van der Waals surface area contributed by atoms with Crippen LogP contribution in [0.15, 0.2) is 0 Å². The van der Waals surface area contributed by atoms with Crippen LogP contribution in [-0.2, 0) is 4.74 Å². The molecule has 0 bridgehead atoms. The lowest BCUT2D eigenvalue weighted by Gasteiger charge is -2.12. The molecule has 3 N–H and O–H groups in total. The van der Waals surface area contributed by atoms with Gasteiger partial charge in [-0.2, -0.15) is 0 Å². The van der Waals surface area contributed by atoms with Gasteiger partial charge in [0.1, 0.15) is 0 Å². The summed E-state index contributed by atoms with van der Waals surface area (Å²) >= 11 is 0. The molecule has 0 aromatic carbocycles. The molecule has 0 aliphatic heterocycles. The van der Waals surface area contributed by atoms with Gasteiger partial charge in [-0.3, -0.25) is 0 Å². The molecular weight excluding hydrogens is 188 g/mol. The predicted octanol–water partition coefficient (Wildman–Crippen LogP) is 1.23. The quantitative estimate of drug-likeness (QED) is 0.699. The zero-order valence-corrected chi connectivity index (χ0v) is 10.8. The van der Waals surface area contributed by atoms with Crippen LogP contribution >= 0.6 is 0 Å². The Morgan fingerprint density at radius 3 is 2.20 bits per heavy atom. The maximum absolute atomic E-state index is 5.84. The van der Waals surface area contributed by atoms with E-state index in [2.05, 4.69) is 33.0 Å². The van der Waals surface area contributed by atoms with Crippen molar-refractivity contribution in [2.45, 2.75) is 33.7 Å². The maximum atomic E-state index is 5.84. The van der Waals surface area contributed by atoms with Crippen molar-refractivity contribution in [1.82, 2.24) is 5.32 Å². The molecule has 1 saturated carbocycles. The van der Waals surface area contributed by atoms with Gasteiger partial charge in [0.15, 0.2) is 0 Å². The molecule has 90 valence electrons. The van der Waals surface area contributed by atoms with Gasteiger partial charge in [0, 0.05) is 19.7 Å². The first-order chi connectivity index (χ1) is 6.84. The third-order valence-corrected chi connectivity index (χ3v) is 4.46. The minimum absolute atomic E-state index is 0.111. The van der Waals surface area contributed by atoms with Crippen LogP contribution in [0.1, 0.15) is 27.7 Å². The highest BCUT2D eigenvalue weighted by atomic mass is 16.5. The summed E-state index contributed by atoms with van der Waals surface area (Å²) in [7, 11) is 1.69. The van der Waals surface area contributed by atoms with Crippen molar-refractivity contribution < 1.29 is 4.74 Å². The molecule has 1 unspecified atom stereocenters. The molecule has 0 amide bonds. The van der Waals surface area contributed by atoms with Crippen molar-refractivity contribution >= 4 is 0 Å². The molecule has 3 heteroatoms. The Hall–Kier alpha value is -0.120. The number of hydrogen-bond acceptors (Lipinski definition) is 3. The molecule has 0 aromatic rings. The Morgan fingerprint density at radius 2 is 1.80 bits per heavy atom. The van der Waals surface area contributed by atoms with Gasteiger partial charge >= 0.3 is 0 Å². The molecule has 0 aromatic heterocycles. The summed E-state index contributed by atoms with van der Waals surface area (Å²) in [6.07, 6.45) is 0. The van der Waals surface area contributed by atoms with Crippen molar-refractivity contribution in [3.8, 4) is 0 Å². The van der Waals surface area contributed by atoms with Crippen LogP contribution < -0.4 is 11.1 Å². The molecule has 1 aliphatic rings. The molecule has 1 atom stereocenters. The van der Waals surface area contributed by atoms with Gasteiger partial charge in [-0.1, -0.05) is 27.7 Å². The average molecular weight is 214 g/mol. The van der Waals surface area contributed by atoms with Crippen molar-refractivity contribution in [3.05, 3.63) is 0 Å². The Morgan fingerprint density at radius 1 is 1.27 bits per heavy atom. The highest BCUT2D eigenvalue weighted by Crippen LogP contribution is 2.67. The molecule has 0 saturated heterocycles. The zero-order chi connectivity index (χ0) is 11.7. The molecule has 3 nitrogen and oxygen atoms in total. The summed E-state index contributed by atoms with van der Waals surface area (Å²) in [5.74, 6) is 0.764. The SMILES string of the molecule is COCC(N)CNCC1C(C)(C)C1(C)C. The Bertz CT molecular complexity index is 200. The summed E-state index contributed by atoms with van der Waals surface area (Å²) in [4.78, 5) is 0. The van der Waals surface area contributed by atoms with E-state index in [4.69, 9.17) is 10.5 Å². The molecule has 1 fully saturated rings. The van der Waals surface area contributed by atoms with Crippen LogP contribution in [0, 0.1) is 16.7 Å². The zero-order valence-electron chi connectivity index (χ0n) is 10.8.